The van der Waals surface area contributed by atoms with Gasteiger partial charge in [-0.3, -0.25) is 4.98 Å². The molecular weight excluding hydrogens is 264 g/mol. The largest absolute Gasteiger partial charge is 0.490 e. The number of benzene rings is 1. The van der Waals surface area contributed by atoms with Crippen LogP contribution < -0.4 is 15.2 Å². The zero-order valence-corrected chi connectivity index (χ0v) is 12.2. The van der Waals surface area contributed by atoms with Gasteiger partial charge in [-0.25, -0.2) is 0 Å². The quantitative estimate of drug-likeness (QED) is 0.754. The predicted octanol–water partition coefficient (Wildman–Crippen LogP) is 3.25. The first-order chi connectivity index (χ1) is 10.3. The van der Waals surface area contributed by atoms with Crippen LogP contribution in [0.2, 0.25) is 0 Å². The monoisotopic (exact) mass is 284 g/mol. The summed E-state index contributed by atoms with van der Waals surface area (Å²) in [5.74, 6) is 1.59. The Kier molecular flexibility index (Phi) is 3.09. The summed E-state index contributed by atoms with van der Waals surface area (Å²) < 4.78 is 11.5. The van der Waals surface area contributed by atoms with E-state index in [1.54, 1.807) is 0 Å². The highest BCUT2D eigenvalue weighted by Crippen LogP contribution is 2.38. The minimum atomic E-state index is 0.691. The Morgan fingerprint density at radius 1 is 0.905 bits per heavy atom. The number of nitrogen functional groups attached to an aromatic ring is 1. The predicted molar refractivity (Wildman–Crippen MR) is 83.0 cm³/mol. The molecule has 0 bridgehead atoms. The molecule has 1 aromatic heterocycles. The lowest BCUT2D eigenvalue weighted by Gasteiger charge is -2.14. The molecule has 4 heteroatoms. The molecule has 21 heavy (non-hydrogen) atoms. The molecule has 2 aromatic rings. The lowest BCUT2D eigenvalue weighted by Crippen LogP contribution is -2.03. The van der Waals surface area contributed by atoms with Gasteiger partial charge in [-0.05, 0) is 37.3 Å². The second kappa shape index (κ2) is 5.10. The fraction of sp³-hybridized carbons (Fsp3) is 0.471. The van der Waals surface area contributed by atoms with E-state index in [0.717, 1.165) is 47.4 Å². The van der Waals surface area contributed by atoms with Crippen LogP contribution in [0.4, 0.5) is 5.69 Å². The molecule has 0 fully saturated rings. The van der Waals surface area contributed by atoms with E-state index < -0.39 is 0 Å². The molecule has 4 rings (SSSR count). The van der Waals surface area contributed by atoms with Gasteiger partial charge < -0.3 is 15.2 Å². The van der Waals surface area contributed by atoms with Gasteiger partial charge >= 0.3 is 0 Å². The van der Waals surface area contributed by atoms with Gasteiger partial charge in [0.15, 0.2) is 11.5 Å². The minimum Gasteiger partial charge on any atom is -0.490 e. The van der Waals surface area contributed by atoms with Crippen molar-refractivity contribution in [1.82, 2.24) is 4.98 Å². The Morgan fingerprint density at radius 2 is 1.67 bits per heavy atom. The molecule has 2 heterocycles. The maximum Gasteiger partial charge on any atom is 0.163 e. The van der Waals surface area contributed by atoms with Crippen LogP contribution in [0.25, 0.3) is 10.9 Å². The number of anilines is 1. The number of hydrogen-bond acceptors (Lipinski definition) is 4. The highest BCUT2D eigenvalue weighted by atomic mass is 16.5. The molecule has 0 spiro atoms. The molecule has 0 amide bonds. The number of nitrogens with zero attached hydrogens (tertiary/aromatic N) is 1. The van der Waals surface area contributed by atoms with E-state index in [1.807, 2.05) is 12.1 Å². The van der Waals surface area contributed by atoms with E-state index in [9.17, 15) is 0 Å². The zero-order chi connectivity index (χ0) is 14.2. The average molecular weight is 284 g/mol. The molecule has 4 nitrogen and oxygen atoms in total. The van der Waals surface area contributed by atoms with E-state index in [2.05, 4.69) is 0 Å². The summed E-state index contributed by atoms with van der Waals surface area (Å²) in [4.78, 5) is 4.86. The molecule has 0 saturated carbocycles. The number of pyridine rings is 1. The summed E-state index contributed by atoms with van der Waals surface area (Å²) in [7, 11) is 0. The van der Waals surface area contributed by atoms with Crippen molar-refractivity contribution in [2.75, 3.05) is 18.9 Å². The fourth-order valence-electron chi connectivity index (χ4n) is 3.29. The third kappa shape index (κ3) is 2.19. The van der Waals surface area contributed by atoms with Gasteiger partial charge in [-0.2, -0.15) is 0 Å². The molecule has 110 valence electrons. The summed E-state index contributed by atoms with van der Waals surface area (Å²) >= 11 is 0. The summed E-state index contributed by atoms with van der Waals surface area (Å²) in [6.45, 7) is 1.38. The van der Waals surface area contributed by atoms with Gasteiger partial charge in [0.1, 0.15) is 0 Å². The van der Waals surface area contributed by atoms with Crippen molar-refractivity contribution in [1.29, 1.82) is 0 Å². The number of aryl methyl sites for hydroxylation is 1. The standard InChI is InChI=1S/C17H20N2O2/c18-17-11-5-2-1-3-6-13(11)19-14-10-16-15(9-12(14)17)20-7-4-8-21-16/h9-10H,1-8H2,(H2,18,19). The van der Waals surface area contributed by atoms with Gasteiger partial charge in [0.05, 0.1) is 18.7 Å². The van der Waals surface area contributed by atoms with Crippen LogP contribution in [-0.4, -0.2) is 18.2 Å². The molecule has 1 aromatic carbocycles. The number of rotatable bonds is 0. The fourth-order valence-corrected chi connectivity index (χ4v) is 3.29. The summed E-state index contributed by atoms with van der Waals surface area (Å²) in [5.41, 5.74) is 10.7. The topological polar surface area (TPSA) is 57.4 Å². The van der Waals surface area contributed by atoms with E-state index in [-0.39, 0.29) is 0 Å². The van der Waals surface area contributed by atoms with Crippen molar-refractivity contribution in [2.45, 2.75) is 38.5 Å². The van der Waals surface area contributed by atoms with Crippen molar-refractivity contribution >= 4 is 16.6 Å². The Balaban J connectivity index is 1.93. The Bertz CT molecular complexity index is 692. The van der Waals surface area contributed by atoms with Gasteiger partial charge in [0, 0.05) is 29.3 Å². The highest BCUT2D eigenvalue weighted by Gasteiger charge is 2.18. The number of hydrogen-bond donors (Lipinski definition) is 1. The molecule has 1 aliphatic heterocycles. The average Bonchev–Trinajstić information content (AvgIpc) is 2.85. The molecule has 0 atom stereocenters. The van der Waals surface area contributed by atoms with Gasteiger partial charge in [-0.1, -0.05) is 6.42 Å². The third-order valence-corrected chi connectivity index (χ3v) is 4.43. The first-order valence-corrected chi connectivity index (χ1v) is 7.83. The Morgan fingerprint density at radius 3 is 2.52 bits per heavy atom. The molecule has 0 unspecified atom stereocenters. The van der Waals surface area contributed by atoms with Crippen molar-refractivity contribution < 1.29 is 9.47 Å². The van der Waals surface area contributed by atoms with Crippen LogP contribution >= 0.6 is 0 Å². The Hall–Kier alpha value is -1.97. The second-order valence-electron chi connectivity index (χ2n) is 5.88. The molecule has 2 aliphatic rings. The van der Waals surface area contributed by atoms with Crippen LogP contribution in [0, 0.1) is 0 Å². The molecule has 0 radical (unpaired) electrons. The van der Waals surface area contributed by atoms with Crippen molar-refractivity contribution in [3.8, 4) is 11.5 Å². The minimum absolute atomic E-state index is 0.691. The zero-order valence-electron chi connectivity index (χ0n) is 12.2. The third-order valence-electron chi connectivity index (χ3n) is 4.43. The number of nitrogens with two attached hydrogens (primary N) is 1. The highest BCUT2D eigenvalue weighted by molar-refractivity contribution is 5.94. The number of ether oxygens (including phenoxy) is 2. The second-order valence-corrected chi connectivity index (χ2v) is 5.88. The van der Waals surface area contributed by atoms with Crippen molar-refractivity contribution in [3.63, 3.8) is 0 Å². The normalized spacial score (nSPS) is 17.9. The number of aromatic nitrogens is 1. The van der Waals surface area contributed by atoms with Gasteiger partial charge in [-0.15, -0.1) is 0 Å². The van der Waals surface area contributed by atoms with Gasteiger partial charge in [0.2, 0.25) is 0 Å². The Labute approximate surface area is 124 Å². The molecule has 2 N–H and O–H groups in total. The van der Waals surface area contributed by atoms with Crippen molar-refractivity contribution in [2.24, 2.45) is 0 Å². The first-order valence-electron chi connectivity index (χ1n) is 7.83. The summed E-state index contributed by atoms with van der Waals surface area (Å²) in [6.07, 6.45) is 6.65. The maximum absolute atomic E-state index is 6.45. The van der Waals surface area contributed by atoms with Crippen LogP contribution in [0.15, 0.2) is 12.1 Å². The lowest BCUT2D eigenvalue weighted by atomic mass is 10.0. The van der Waals surface area contributed by atoms with Crippen LogP contribution in [0.5, 0.6) is 11.5 Å². The smallest absolute Gasteiger partial charge is 0.163 e. The maximum atomic E-state index is 6.45. The van der Waals surface area contributed by atoms with E-state index in [4.69, 9.17) is 20.2 Å². The molecular formula is C17H20N2O2. The van der Waals surface area contributed by atoms with Crippen LogP contribution in [-0.2, 0) is 12.8 Å². The van der Waals surface area contributed by atoms with Gasteiger partial charge in [0.25, 0.3) is 0 Å². The van der Waals surface area contributed by atoms with Crippen LogP contribution in [0.3, 0.4) is 0 Å². The lowest BCUT2D eigenvalue weighted by molar-refractivity contribution is 0.297. The SMILES string of the molecule is Nc1c2c(nc3cc4c(cc13)OCCCO4)CCCCC2. The molecule has 1 aliphatic carbocycles. The van der Waals surface area contributed by atoms with Crippen molar-refractivity contribution in [3.05, 3.63) is 23.4 Å². The first kappa shape index (κ1) is 12.7. The van der Waals surface area contributed by atoms with Crippen LogP contribution in [0.1, 0.15) is 36.9 Å². The summed E-state index contributed by atoms with van der Waals surface area (Å²) in [6, 6.07) is 3.99. The van der Waals surface area contributed by atoms with E-state index in [1.165, 1.54) is 30.5 Å². The van der Waals surface area contributed by atoms with E-state index >= 15 is 0 Å². The summed E-state index contributed by atoms with van der Waals surface area (Å²) in [5, 5.41) is 1.000. The number of fused-ring (bicyclic) bond motifs is 3. The van der Waals surface area contributed by atoms with E-state index in [0.29, 0.717) is 13.2 Å². The molecule has 0 saturated heterocycles.